The Labute approximate surface area is 155 Å². The van der Waals surface area contributed by atoms with Gasteiger partial charge in [-0.15, -0.1) is 11.3 Å². The van der Waals surface area contributed by atoms with E-state index >= 15 is 0 Å². The molecule has 0 radical (unpaired) electrons. The van der Waals surface area contributed by atoms with Crippen molar-refractivity contribution in [1.29, 1.82) is 0 Å². The van der Waals surface area contributed by atoms with E-state index in [-0.39, 0.29) is 12.5 Å². The second-order valence-electron chi connectivity index (χ2n) is 5.61. The topological polar surface area (TPSA) is 93.5 Å². The summed E-state index contributed by atoms with van der Waals surface area (Å²) in [6.45, 7) is 3.77. The van der Waals surface area contributed by atoms with E-state index in [2.05, 4.69) is 10.4 Å². The van der Waals surface area contributed by atoms with Gasteiger partial charge in [-0.1, -0.05) is 6.07 Å². The molecule has 0 aromatic carbocycles. The number of aromatic nitrogens is 2. The predicted molar refractivity (Wildman–Crippen MR) is 96.6 cm³/mol. The fourth-order valence-electron chi connectivity index (χ4n) is 2.20. The summed E-state index contributed by atoms with van der Waals surface area (Å²) in [6.07, 6.45) is 1.40. The van der Waals surface area contributed by atoms with E-state index in [1.165, 1.54) is 11.1 Å². The van der Waals surface area contributed by atoms with E-state index in [9.17, 15) is 14.4 Å². The Balaban J connectivity index is 1.81. The lowest BCUT2D eigenvalue weighted by atomic mass is 10.3. The van der Waals surface area contributed by atoms with Crippen molar-refractivity contribution in [3.8, 4) is 0 Å². The highest BCUT2D eigenvalue weighted by Crippen LogP contribution is 2.08. The smallest absolute Gasteiger partial charge is 0.342 e. The summed E-state index contributed by atoms with van der Waals surface area (Å²) in [7, 11) is 1.71. The van der Waals surface area contributed by atoms with Crippen molar-refractivity contribution in [3.63, 3.8) is 0 Å². The molecule has 26 heavy (non-hydrogen) atoms. The number of hydrogen-bond acceptors (Lipinski definition) is 6. The van der Waals surface area contributed by atoms with Crippen LogP contribution in [0.4, 0.5) is 0 Å². The van der Waals surface area contributed by atoms with Crippen LogP contribution in [0.2, 0.25) is 0 Å². The molecule has 1 N–H and O–H groups in total. The third kappa shape index (κ3) is 5.16. The van der Waals surface area contributed by atoms with Crippen LogP contribution in [0.15, 0.2) is 23.7 Å². The number of likely N-dealkylation sites (N-methyl/N-ethyl adjacent to an activating group) is 1. The first-order valence-corrected chi connectivity index (χ1v) is 9.03. The van der Waals surface area contributed by atoms with Crippen molar-refractivity contribution in [3.05, 3.63) is 39.8 Å². The van der Waals surface area contributed by atoms with E-state index in [1.54, 1.807) is 36.9 Å². The molecule has 0 fully saturated rings. The fourth-order valence-corrected chi connectivity index (χ4v) is 2.84. The van der Waals surface area contributed by atoms with Gasteiger partial charge in [0.2, 0.25) is 5.91 Å². The number of thiophene rings is 1. The van der Waals surface area contributed by atoms with E-state index in [0.29, 0.717) is 24.3 Å². The van der Waals surface area contributed by atoms with Gasteiger partial charge in [0.25, 0.3) is 5.91 Å². The number of aryl methyl sites for hydroxylation is 1. The number of nitrogens with zero attached hydrogens (tertiary/aromatic N) is 3. The zero-order valence-electron chi connectivity index (χ0n) is 15.0. The molecule has 0 saturated carbocycles. The Morgan fingerprint density at radius 3 is 2.73 bits per heavy atom. The van der Waals surface area contributed by atoms with Gasteiger partial charge in [-0.3, -0.25) is 14.3 Å². The van der Waals surface area contributed by atoms with Gasteiger partial charge < -0.3 is 15.0 Å². The van der Waals surface area contributed by atoms with Crippen LogP contribution in [0.5, 0.6) is 0 Å². The number of esters is 1. The predicted octanol–water partition coefficient (Wildman–Crippen LogP) is 1.11. The Hall–Kier alpha value is -2.68. The molecule has 140 valence electrons. The molecule has 0 spiro atoms. The highest BCUT2D eigenvalue weighted by molar-refractivity contribution is 7.09. The number of carbonyl (C=O) groups excluding carboxylic acids is 3. The molecule has 0 unspecified atom stereocenters. The molecule has 0 aliphatic heterocycles. The molecule has 0 aliphatic rings. The van der Waals surface area contributed by atoms with Crippen LogP contribution < -0.4 is 5.32 Å². The maximum Gasteiger partial charge on any atom is 0.342 e. The maximum atomic E-state index is 12.2. The second-order valence-corrected chi connectivity index (χ2v) is 6.64. The lowest BCUT2D eigenvalue weighted by Crippen LogP contribution is -2.42. The molecule has 2 rings (SSSR count). The molecule has 0 aliphatic carbocycles. The fraction of sp³-hybridized carbons (Fsp3) is 0.412. The second kappa shape index (κ2) is 9.14. The zero-order chi connectivity index (χ0) is 19.1. The van der Waals surface area contributed by atoms with Crippen LogP contribution in [0.25, 0.3) is 0 Å². The van der Waals surface area contributed by atoms with Crippen molar-refractivity contribution in [2.75, 3.05) is 19.7 Å². The van der Waals surface area contributed by atoms with Crippen molar-refractivity contribution in [2.24, 2.45) is 7.05 Å². The molecule has 2 aromatic heterocycles. The molecule has 2 aromatic rings. The molecule has 8 nitrogen and oxygen atoms in total. The average molecular weight is 378 g/mol. The zero-order valence-corrected chi connectivity index (χ0v) is 15.8. The summed E-state index contributed by atoms with van der Waals surface area (Å²) in [6, 6.07) is 3.83. The Kier molecular flexibility index (Phi) is 6.90. The molecule has 0 bridgehead atoms. The number of nitrogens with one attached hydrogen (secondary N) is 1. The molecule has 0 atom stereocenters. The van der Waals surface area contributed by atoms with Gasteiger partial charge in [-0.05, 0) is 25.3 Å². The lowest BCUT2D eigenvalue weighted by molar-refractivity contribution is -0.138. The van der Waals surface area contributed by atoms with E-state index in [4.69, 9.17) is 4.74 Å². The van der Waals surface area contributed by atoms with Crippen LogP contribution in [-0.2, 0) is 27.9 Å². The highest BCUT2D eigenvalue weighted by atomic mass is 32.1. The van der Waals surface area contributed by atoms with Gasteiger partial charge in [0.05, 0.1) is 19.3 Å². The first-order valence-electron chi connectivity index (χ1n) is 8.15. The Morgan fingerprint density at radius 1 is 1.38 bits per heavy atom. The van der Waals surface area contributed by atoms with Crippen LogP contribution in [0.3, 0.4) is 0 Å². The first-order chi connectivity index (χ1) is 12.4. The van der Waals surface area contributed by atoms with E-state index in [1.807, 2.05) is 17.5 Å². The van der Waals surface area contributed by atoms with Crippen LogP contribution in [0.1, 0.15) is 27.9 Å². The lowest BCUT2D eigenvalue weighted by Gasteiger charge is -2.20. The molecule has 2 amide bonds. The molecular formula is C17H22N4O4S. The maximum absolute atomic E-state index is 12.2. The number of ether oxygens (including phenoxy) is 1. The number of carbonyl (C=O) groups is 3. The molecular weight excluding hydrogens is 356 g/mol. The van der Waals surface area contributed by atoms with Crippen LogP contribution in [0, 0.1) is 6.92 Å². The largest absolute Gasteiger partial charge is 0.452 e. The molecule has 0 saturated heterocycles. The Morgan fingerprint density at radius 2 is 2.15 bits per heavy atom. The third-order valence-electron chi connectivity index (χ3n) is 3.89. The van der Waals surface area contributed by atoms with E-state index < -0.39 is 18.5 Å². The van der Waals surface area contributed by atoms with Crippen LogP contribution in [-0.4, -0.2) is 52.2 Å². The third-order valence-corrected chi connectivity index (χ3v) is 4.77. The monoisotopic (exact) mass is 378 g/mol. The summed E-state index contributed by atoms with van der Waals surface area (Å²) < 4.78 is 6.60. The van der Waals surface area contributed by atoms with Gasteiger partial charge in [0.15, 0.2) is 6.61 Å². The average Bonchev–Trinajstić information content (AvgIpc) is 3.26. The number of amides is 2. The van der Waals surface area contributed by atoms with Gasteiger partial charge in [0, 0.05) is 24.2 Å². The Bertz CT molecular complexity index is 770. The van der Waals surface area contributed by atoms with Crippen LogP contribution >= 0.6 is 11.3 Å². The number of hydrogen-bond donors (Lipinski definition) is 1. The van der Waals surface area contributed by atoms with Gasteiger partial charge in [-0.25, -0.2) is 4.79 Å². The quantitative estimate of drug-likeness (QED) is 0.695. The van der Waals surface area contributed by atoms with Crippen molar-refractivity contribution < 1.29 is 19.1 Å². The molecule has 9 heteroatoms. The minimum atomic E-state index is -0.609. The van der Waals surface area contributed by atoms with Crippen molar-refractivity contribution in [2.45, 2.75) is 20.4 Å². The summed E-state index contributed by atoms with van der Waals surface area (Å²) in [5.74, 6) is -1.29. The summed E-state index contributed by atoms with van der Waals surface area (Å²) >= 11 is 1.55. The van der Waals surface area contributed by atoms with Gasteiger partial charge >= 0.3 is 5.97 Å². The van der Waals surface area contributed by atoms with Gasteiger partial charge in [0.1, 0.15) is 5.56 Å². The van der Waals surface area contributed by atoms with Crippen molar-refractivity contribution >= 4 is 29.1 Å². The SMILES string of the molecule is CCN(CC(=O)NCc1cccs1)C(=O)COC(=O)c1cnn(C)c1C. The normalized spacial score (nSPS) is 10.4. The number of rotatable bonds is 8. The van der Waals surface area contributed by atoms with E-state index in [0.717, 1.165) is 4.88 Å². The molecule has 2 heterocycles. The first kappa shape index (κ1) is 19.6. The van der Waals surface area contributed by atoms with Crippen molar-refractivity contribution in [1.82, 2.24) is 20.0 Å². The summed E-state index contributed by atoms with van der Waals surface area (Å²) in [4.78, 5) is 38.6. The summed E-state index contributed by atoms with van der Waals surface area (Å²) in [5, 5.41) is 8.66. The highest BCUT2D eigenvalue weighted by Gasteiger charge is 2.19. The minimum Gasteiger partial charge on any atom is -0.452 e. The van der Waals surface area contributed by atoms with Gasteiger partial charge in [-0.2, -0.15) is 5.10 Å². The minimum absolute atomic E-state index is 0.0792. The summed E-state index contributed by atoms with van der Waals surface area (Å²) in [5.41, 5.74) is 0.972. The standard InChI is InChI=1S/C17H22N4O4S/c1-4-21(10-15(22)18-8-13-6-5-7-26-13)16(23)11-25-17(24)14-9-19-20(3)12(14)2/h5-7,9H,4,8,10-11H2,1-3H3,(H,18,22).